The van der Waals surface area contributed by atoms with Gasteiger partial charge in [-0.3, -0.25) is 9.10 Å². The molecule has 7 nitrogen and oxygen atoms in total. The lowest BCUT2D eigenvalue weighted by atomic mass is 10.1. The van der Waals surface area contributed by atoms with E-state index < -0.39 is 16.1 Å². The summed E-state index contributed by atoms with van der Waals surface area (Å²) >= 11 is 0. The van der Waals surface area contributed by atoms with Crippen molar-refractivity contribution in [1.82, 2.24) is 5.32 Å². The summed E-state index contributed by atoms with van der Waals surface area (Å²) in [6.07, 6.45) is 1.96. The van der Waals surface area contributed by atoms with Crippen LogP contribution in [0.5, 0.6) is 11.5 Å². The van der Waals surface area contributed by atoms with Crippen LogP contribution < -0.4 is 19.1 Å². The summed E-state index contributed by atoms with van der Waals surface area (Å²) in [6, 6.07) is 11.5. The molecule has 162 valence electrons. The van der Waals surface area contributed by atoms with Crippen molar-refractivity contribution in [3.05, 3.63) is 53.6 Å². The van der Waals surface area contributed by atoms with E-state index in [2.05, 4.69) is 5.32 Å². The number of hydrogen-bond donors (Lipinski definition) is 1. The first-order chi connectivity index (χ1) is 14.2. The summed E-state index contributed by atoms with van der Waals surface area (Å²) in [5.41, 5.74) is 2.40. The van der Waals surface area contributed by atoms with Gasteiger partial charge in [0.1, 0.15) is 19.3 Å². The molecule has 1 amide bonds. The maximum atomic E-state index is 12.9. The summed E-state index contributed by atoms with van der Waals surface area (Å²) in [7, 11) is -3.66. The first-order valence-corrected chi connectivity index (χ1v) is 11.8. The third-order valence-corrected chi connectivity index (χ3v) is 6.35. The maximum Gasteiger partial charge on any atom is 0.244 e. The molecule has 1 aliphatic rings. The molecular weight excluding hydrogens is 404 g/mol. The summed E-state index contributed by atoms with van der Waals surface area (Å²) in [5.74, 6) is 0.930. The van der Waals surface area contributed by atoms with Crippen LogP contribution in [0.3, 0.4) is 0 Å². The average molecular weight is 433 g/mol. The number of ether oxygens (including phenoxy) is 2. The second-order valence-corrected chi connectivity index (χ2v) is 9.25. The quantitative estimate of drug-likeness (QED) is 0.727. The number of nitrogens with zero attached hydrogens (tertiary/aromatic N) is 1. The maximum absolute atomic E-state index is 12.9. The highest BCUT2D eigenvalue weighted by Crippen LogP contribution is 2.32. The Kier molecular flexibility index (Phi) is 6.55. The second-order valence-electron chi connectivity index (χ2n) is 7.39. The first kappa shape index (κ1) is 22.0. The standard InChI is InChI=1S/C22H28N2O5S/c1-5-17-6-9-19(10-7-17)24(30(4,26)27)16(3)22(25)23-15(2)18-8-11-20-21(14-18)29-13-12-28-20/h6-11,14-16H,5,12-13H2,1-4H3,(H,23,25)/t15-,16-/m0/s1. The highest BCUT2D eigenvalue weighted by Gasteiger charge is 2.30. The van der Waals surface area contributed by atoms with Crippen LogP contribution in [0.25, 0.3) is 0 Å². The number of hydrogen-bond acceptors (Lipinski definition) is 5. The van der Waals surface area contributed by atoms with Crippen LogP contribution in [0, 0.1) is 0 Å². The Hall–Kier alpha value is -2.74. The van der Waals surface area contributed by atoms with Gasteiger partial charge >= 0.3 is 0 Å². The predicted molar refractivity (Wildman–Crippen MR) is 117 cm³/mol. The molecule has 0 radical (unpaired) electrons. The third-order valence-electron chi connectivity index (χ3n) is 5.11. The zero-order chi connectivity index (χ0) is 21.9. The van der Waals surface area contributed by atoms with Crippen LogP contribution in [0.2, 0.25) is 0 Å². The van der Waals surface area contributed by atoms with Crippen molar-refractivity contribution in [2.24, 2.45) is 0 Å². The predicted octanol–water partition coefficient (Wildman–Crippen LogP) is 3.05. The normalized spacial score (nSPS) is 15.2. The number of anilines is 1. The summed E-state index contributed by atoms with van der Waals surface area (Å²) in [4.78, 5) is 12.9. The van der Waals surface area contributed by atoms with Crippen molar-refractivity contribution in [2.75, 3.05) is 23.8 Å². The number of carbonyl (C=O) groups is 1. The molecule has 2 aromatic rings. The van der Waals surface area contributed by atoms with E-state index in [-0.39, 0.29) is 11.9 Å². The van der Waals surface area contributed by atoms with Gasteiger partial charge in [0, 0.05) is 0 Å². The monoisotopic (exact) mass is 432 g/mol. The van der Waals surface area contributed by atoms with E-state index in [4.69, 9.17) is 9.47 Å². The Bertz CT molecular complexity index is 1000. The van der Waals surface area contributed by atoms with Gasteiger partial charge in [-0.2, -0.15) is 0 Å². The molecule has 2 atom stereocenters. The molecule has 0 unspecified atom stereocenters. The lowest BCUT2D eigenvalue weighted by Crippen LogP contribution is -2.48. The SMILES string of the molecule is CCc1ccc(N([C@@H](C)C(=O)N[C@@H](C)c2ccc3c(c2)OCCO3)S(C)(=O)=O)cc1. The lowest BCUT2D eigenvalue weighted by molar-refractivity contribution is -0.122. The van der Waals surface area contributed by atoms with Gasteiger partial charge in [-0.25, -0.2) is 8.42 Å². The van der Waals surface area contributed by atoms with Crippen molar-refractivity contribution in [3.8, 4) is 11.5 Å². The number of sulfonamides is 1. The van der Waals surface area contributed by atoms with Crippen LogP contribution in [0.4, 0.5) is 5.69 Å². The molecule has 2 aromatic carbocycles. The lowest BCUT2D eigenvalue weighted by Gasteiger charge is -2.29. The summed E-state index contributed by atoms with van der Waals surface area (Å²) < 4.78 is 37.2. The summed E-state index contributed by atoms with van der Waals surface area (Å²) in [6.45, 7) is 6.45. The van der Waals surface area contributed by atoms with Crippen LogP contribution >= 0.6 is 0 Å². The Morgan fingerprint density at radius 3 is 2.30 bits per heavy atom. The van der Waals surface area contributed by atoms with Gasteiger partial charge in [-0.05, 0) is 55.7 Å². The second kappa shape index (κ2) is 8.95. The number of fused-ring (bicyclic) bond motifs is 1. The Labute approximate surface area is 178 Å². The van der Waals surface area contributed by atoms with Crippen molar-refractivity contribution in [2.45, 2.75) is 39.3 Å². The number of benzene rings is 2. The topological polar surface area (TPSA) is 84.9 Å². The zero-order valence-electron chi connectivity index (χ0n) is 17.7. The minimum atomic E-state index is -3.66. The molecule has 0 aliphatic carbocycles. The van der Waals surface area contributed by atoms with Crippen LogP contribution in [0.15, 0.2) is 42.5 Å². The van der Waals surface area contributed by atoms with Crippen LogP contribution in [-0.4, -0.2) is 39.8 Å². The number of rotatable bonds is 7. The first-order valence-electron chi connectivity index (χ1n) is 9.99. The largest absolute Gasteiger partial charge is 0.486 e. The smallest absolute Gasteiger partial charge is 0.244 e. The molecule has 0 saturated heterocycles. The fraction of sp³-hybridized carbons (Fsp3) is 0.409. The molecule has 0 spiro atoms. The van der Waals surface area contributed by atoms with Gasteiger partial charge in [0.25, 0.3) is 0 Å². The molecule has 30 heavy (non-hydrogen) atoms. The van der Waals surface area contributed by atoms with Gasteiger partial charge < -0.3 is 14.8 Å². The van der Waals surface area contributed by atoms with Gasteiger partial charge in [0.05, 0.1) is 18.0 Å². The van der Waals surface area contributed by atoms with Gasteiger partial charge in [-0.1, -0.05) is 25.1 Å². The molecule has 1 aliphatic heterocycles. The van der Waals surface area contributed by atoms with E-state index in [9.17, 15) is 13.2 Å². The van der Waals surface area contributed by atoms with Crippen molar-refractivity contribution in [3.63, 3.8) is 0 Å². The van der Waals surface area contributed by atoms with E-state index in [1.54, 1.807) is 19.1 Å². The van der Waals surface area contributed by atoms with Gasteiger partial charge in [0.15, 0.2) is 11.5 Å². The highest BCUT2D eigenvalue weighted by atomic mass is 32.2. The summed E-state index contributed by atoms with van der Waals surface area (Å²) in [5, 5.41) is 2.91. The molecular formula is C22H28N2O5S. The third kappa shape index (κ3) is 4.87. The minimum absolute atomic E-state index is 0.334. The van der Waals surface area contributed by atoms with E-state index in [0.717, 1.165) is 28.1 Å². The molecule has 3 rings (SSSR count). The van der Waals surface area contributed by atoms with Crippen LogP contribution in [0.1, 0.15) is 37.9 Å². The van der Waals surface area contributed by atoms with Crippen molar-refractivity contribution >= 4 is 21.6 Å². The molecule has 0 aromatic heterocycles. The van der Waals surface area contributed by atoms with E-state index in [0.29, 0.717) is 30.4 Å². The van der Waals surface area contributed by atoms with Crippen molar-refractivity contribution in [1.29, 1.82) is 0 Å². The van der Waals surface area contributed by atoms with Gasteiger partial charge in [0.2, 0.25) is 15.9 Å². The molecule has 0 fully saturated rings. The van der Waals surface area contributed by atoms with E-state index >= 15 is 0 Å². The fourth-order valence-electron chi connectivity index (χ4n) is 3.43. The minimum Gasteiger partial charge on any atom is -0.486 e. The number of aryl methyl sites for hydroxylation is 1. The number of nitrogens with one attached hydrogen (secondary N) is 1. The fourth-order valence-corrected chi connectivity index (χ4v) is 4.61. The number of carbonyl (C=O) groups excluding carboxylic acids is 1. The molecule has 0 bridgehead atoms. The van der Waals surface area contributed by atoms with Gasteiger partial charge in [-0.15, -0.1) is 0 Å². The highest BCUT2D eigenvalue weighted by molar-refractivity contribution is 7.92. The Morgan fingerprint density at radius 1 is 1.07 bits per heavy atom. The zero-order valence-corrected chi connectivity index (χ0v) is 18.5. The van der Waals surface area contributed by atoms with Crippen molar-refractivity contribution < 1.29 is 22.7 Å². The molecule has 0 saturated carbocycles. The van der Waals surface area contributed by atoms with E-state index in [1.165, 1.54) is 0 Å². The number of amides is 1. The molecule has 1 heterocycles. The molecule has 8 heteroatoms. The van der Waals surface area contributed by atoms with Crippen LogP contribution in [-0.2, 0) is 21.2 Å². The molecule has 1 N–H and O–H groups in total. The average Bonchev–Trinajstić information content (AvgIpc) is 2.72. The van der Waals surface area contributed by atoms with E-state index in [1.807, 2.05) is 44.2 Å². The Balaban J connectivity index is 1.77. The Morgan fingerprint density at radius 2 is 1.70 bits per heavy atom.